The summed E-state index contributed by atoms with van der Waals surface area (Å²) in [6.07, 6.45) is 2.11. The number of piperidine rings is 1. The number of carbonyl (C=O) groups excluding carboxylic acids is 1. The van der Waals surface area contributed by atoms with Crippen molar-refractivity contribution in [1.29, 1.82) is 0 Å². The van der Waals surface area contributed by atoms with E-state index in [1.165, 1.54) is 0 Å². The molecule has 1 aliphatic heterocycles. The molecule has 1 atom stereocenters. The lowest BCUT2D eigenvalue weighted by atomic mass is 10.0. The first-order valence-corrected chi connectivity index (χ1v) is 7.06. The summed E-state index contributed by atoms with van der Waals surface area (Å²) in [6.45, 7) is 5.15. The van der Waals surface area contributed by atoms with Crippen LogP contribution in [0.1, 0.15) is 30.1 Å². The van der Waals surface area contributed by atoms with Crippen LogP contribution in [0.4, 0.5) is 5.69 Å². The summed E-state index contributed by atoms with van der Waals surface area (Å²) in [7, 11) is 0. The number of amides is 1. The Hall–Kier alpha value is -1.26. The predicted molar refractivity (Wildman–Crippen MR) is 78.5 cm³/mol. The highest BCUT2D eigenvalue weighted by atomic mass is 35.5. The van der Waals surface area contributed by atoms with E-state index >= 15 is 0 Å². The van der Waals surface area contributed by atoms with Gasteiger partial charge in [-0.1, -0.05) is 24.6 Å². The largest absolute Gasteiger partial charge is 0.398 e. The molecule has 1 amide bonds. The van der Waals surface area contributed by atoms with Gasteiger partial charge in [0.25, 0.3) is 5.91 Å². The standard InChI is InChI=1S/C14H20ClN3O/c1-2-18-8-4-5-10(9-18)17-14(19)13-11(15)6-3-7-12(13)16/h3,6-7,10H,2,4-5,8-9,16H2,1H3,(H,17,19). The van der Waals surface area contributed by atoms with Crippen LogP contribution < -0.4 is 11.1 Å². The molecule has 5 heteroatoms. The number of nitrogens with zero attached hydrogens (tertiary/aromatic N) is 1. The van der Waals surface area contributed by atoms with Crippen LogP contribution in [0.2, 0.25) is 5.02 Å². The normalized spacial score (nSPS) is 20.2. The molecule has 1 unspecified atom stereocenters. The first-order chi connectivity index (χ1) is 9.11. The Labute approximate surface area is 118 Å². The molecule has 104 valence electrons. The molecule has 1 aliphatic rings. The molecule has 0 aliphatic carbocycles. The van der Waals surface area contributed by atoms with Crippen LogP contribution in [-0.2, 0) is 0 Å². The zero-order valence-corrected chi connectivity index (χ0v) is 11.9. The first kappa shape index (κ1) is 14.2. The maximum absolute atomic E-state index is 12.3. The molecule has 1 heterocycles. The molecule has 0 aromatic heterocycles. The van der Waals surface area contributed by atoms with E-state index in [4.69, 9.17) is 17.3 Å². The van der Waals surface area contributed by atoms with Crippen molar-refractivity contribution < 1.29 is 4.79 Å². The van der Waals surface area contributed by atoms with Gasteiger partial charge in [-0.15, -0.1) is 0 Å². The molecule has 1 fully saturated rings. The van der Waals surface area contributed by atoms with E-state index in [2.05, 4.69) is 17.1 Å². The predicted octanol–water partition coefficient (Wildman–Crippen LogP) is 2.14. The van der Waals surface area contributed by atoms with E-state index in [9.17, 15) is 4.79 Å². The third kappa shape index (κ3) is 3.39. The maximum Gasteiger partial charge on any atom is 0.255 e. The summed E-state index contributed by atoms with van der Waals surface area (Å²) in [5.74, 6) is -0.175. The average molecular weight is 282 g/mol. The third-order valence-corrected chi connectivity index (χ3v) is 3.88. The van der Waals surface area contributed by atoms with Crippen molar-refractivity contribution in [3.05, 3.63) is 28.8 Å². The number of hydrogen-bond donors (Lipinski definition) is 2. The molecule has 1 saturated heterocycles. The van der Waals surface area contributed by atoms with Gasteiger partial charge in [-0.25, -0.2) is 0 Å². The van der Waals surface area contributed by atoms with Gasteiger partial charge in [0.05, 0.1) is 10.6 Å². The van der Waals surface area contributed by atoms with Crippen molar-refractivity contribution in [3.63, 3.8) is 0 Å². The summed E-state index contributed by atoms with van der Waals surface area (Å²) in [5.41, 5.74) is 6.64. The van der Waals surface area contributed by atoms with Gasteiger partial charge < -0.3 is 16.0 Å². The van der Waals surface area contributed by atoms with E-state index in [0.717, 1.165) is 32.5 Å². The lowest BCUT2D eigenvalue weighted by Gasteiger charge is -2.32. The van der Waals surface area contributed by atoms with E-state index < -0.39 is 0 Å². The van der Waals surface area contributed by atoms with Crippen LogP contribution >= 0.6 is 11.6 Å². The number of nitrogens with two attached hydrogens (primary N) is 1. The Morgan fingerprint density at radius 3 is 3.05 bits per heavy atom. The Balaban J connectivity index is 2.05. The molecular formula is C14H20ClN3O. The van der Waals surface area contributed by atoms with E-state index in [0.29, 0.717) is 16.3 Å². The maximum atomic E-state index is 12.3. The number of halogens is 1. The number of anilines is 1. The minimum Gasteiger partial charge on any atom is -0.398 e. The van der Waals surface area contributed by atoms with E-state index in [-0.39, 0.29) is 11.9 Å². The van der Waals surface area contributed by atoms with Gasteiger partial charge >= 0.3 is 0 Å². The van der Waals surface area contributed by atoms with Crippen LogP contribution in [0.15, 0.2) is 18.2 Å². The van der Waals surface area contributed by atoms with Crippen LogP contribution in [-0.4, -0.2) is 36.5 Å². The lowest BCUT2D eigenvalue weighted by Crippen LogP contribution is -2.47. The number of likely N-dealkylation sites (tertiary alicyclic amines) is 1. The fourth-order valence-corrected chi connectivity index (χ4v) is 2.77. The molecule has 3 N–H and O–H groups in total. The monoisotopic (exact) mass is 281 g/mol. The Morgan fingerprint density at radius 2 is 2.37 bits per heavy atom. The summed E-state index contributed by atoms with van der Waals surface area (Å²) in [6, 6.07) is 5.30. The van der Waals surface area contributed by atoms with Crippen LogP contribution in [0.5, 0.6) is 0 Å². The molecule has 2 rings (SSSR count). The second kappa shape index (κ2) is 6.26. The molecule has 0 spiro atoms. The number of hydrogen-bond acceptors (Lipinski definition) is 3. The fraction of sp³-hybridized carbons (Fsp3) is 0.500. The lowest BCUT2D eigenvalue weighted by molar-refractivity contribution is 0.0907. The van der Waals surface area contributed by atoms with Gasteiger partial charge in [0.1, 0.15) is 0 Å². The van der Waals surface area contributed by atoms with Crippen molar-refractivity contribution >= 4 is 23.2 Å². The Kier molecular flexibility index (Phi) is 4.66. The van der Waals surface area contributed by atoms with E-state index in [1.807, 2.05) is 0 Å². The molecule has 0 bridgehead atoms. The number of nitrogens with one attached hydrogen (secondary N) is 1. The molecule has 19 heavy (non-hydrogen) atoms. The van der Waals surface area contributed by atoms with Gasteiger partial charge in [0.15, 0.2) is 0 Å². The highest BCUT2D eigenvalue weighted by molar-refractivity contribution is 6.34. The summed E-state index contributed by atoms with van der Waals surface area (Å²) < 4.78 is 0. The molecule has 4 nitrogen and oxygen atoms in total. The zero-order valence-electron chi connectivity index (χ0n) is 11.2. The van der Waals surface area contributed by atoms with E-state index in [1.54, 1.807) is 18.2 Å². The molecule has 0 saturated carbocycles. The number of nitrogen functional groups attached to an aromatic ring is 1. The highest BCUT2D eigenvalue weighted by Crippen LogP contribution is 2.22. The second-order valence-corrected chi connectivity index (χ2v) is 5.32. The van der Waals surface area contributed by atoms with Crippen LogP contribution in [0, 0.1) is 0 Å². The third-order valence-electron chi connectivity index (χ3n) is 3.56. The molecule has 0 radical (unpaired) electrons. The molecule has 1 aromatic carbocycles. The van der Waals surface area contributed by atoms with Gasteiger partial charge in [0.2, 0.25) is 0 Å². The van der Waals surface area contributed by atoms with Crippen molar-refractivity contribution in [1.82, 2.24) is 10.2 Å². The van der Waals surface area contributed by atoms with Crippen molar-refractivity contribution in [2.24, 2.45) is 0 Å². The molecule has 1 aromatic rings. The number of rotatable bonds is 3. The van der Waals surface area contributed by atoms with Crippen molar-refractivity contribution in [2.45, 2.75) is 25.8 Å². The van der Waals surface area contributed by atoms with Crippen LogP contribution in [0.25, 0.3) is 0 Å². The highest BCUT2D eigenvalue weighted by Gasteiger charge is 2.22. The van der Waals surface area contributed by atoms with Crippen LogP contribution in [0.3, 0.4) is 0 Å². The van der Waals surface area contributed by atoms with Crippen molar-refractivity contribution in [2.75, 3.05) is 25.4 Å². The summed E-state index contributed by atoms with van der Waals surface area (Å²) >= 11 is 6.05. The summed E-state index contributed by atoms with van der Waals surface area (Å²) in [4.78, 5) is 14.6. The number of benzene rings is 1. The number of likely N-dealkylation sites (N-methyl/N-ethyl adjacent to an activating group) is 1. The Bertz CT molecular complexity index is 444. The van der Waals surface area contributed by atoms with Gasteiger partial charge in [0, 0.05) is 18.3 Å². The molecular weight excluding hydrogens is 262 g/mol. The van der Waals surface area contributed by atoms with Gasteiger partial charge in [-0.3, -0.25) is 4.79 Å². The SMILES string of the molecule is CCN1CCCC(NC(=O)c2c(N)cccc2Cl)C1. The zero-order chi connectivity index (χ0) is 13.8. The smallest absolute Gasteiger partial charge is 0.255 e. The fourth-order valence-electron chi connectivity index (χ4n) is 2.50. The van der Waals surface area contributed by atoms with Gasteiger partial charge in [-0.2, -0.15) is 0 Å². The second-order valence-electron chi connectivity index (χ2n) is 4.91. The quantitative estimate of drug-likeness (QED) is 0.835. The average Bonchev–Trinajstić information content (AvgIpc) is 2.38. The summed E-state index contributed by atoms with van der Waals surface area (Å²) in [5, 5.41) is 3.44. The topological polar surface area (TPSA) is 58.4 Å². The van der Waals surface area contributed by atoms with Gasteiger partial charge in [-0.05, 0) is 38.1 Å². The Morgan fingerprint density at radius 1 is 1.58 bits per heavy atom. The minimum absolute atomic E-state index is 0.175. The first-order valence-electron chi connectivity index (χ1n) is 6.69. The number of carbonyl (C=O) groups is 1. The van der Waals surface area contributed by atoms with Crippen molar-refractivity contribution in [3.8, 4) is 0 Å². The minimum atomic E-state index is -0.175.